The van der Waals surface area contributed by atoms with E-state index in [1.165, 1.54) is 0 Å². The van der Waals surface area contributed by atoms with E-state index in [1.807, 2.05) is 36.4 Å². The Balaban J connectivity index is 1.60. The van der Waals surface area contributed by atoms with E-state index >= 15 is 0 Å². The number of aromatic nitrogens is 4. The van der Waals surface area contributed by atoms with Gasteiger partial charge in [-0.05, 0) is 17.7 Å². The van der Waals surface area contributed by atoms with E-state index in [0.29, 0.717) is 12.2 Å². The lowest BCUT2D eigenvalue weighted by molar-refractivity contribution is 0.0329. The largest absolute Gasteiger partial charge is 0.379 e. The molecule has 0 N–H and O–H groups in total. The number of nitrogens with zero attached hydrogens (tertiary/aromatic N) is 5. The van der Waals surface area contributed by atoms with E-state index in [0.717, 1.165) is 65.9 Å². The quantitative estimate of drug-likeness (QED) is 0.532. The van der Waals surface area contributed by atoms with Gasteiger partial charge in [0.25, 0.3) is 5.78 Å². The third-order valence-electron chi connectivity index (χ3n) is 5.19. The highest BCUT2D eigenvalue weighted by atomic mass is 35.5. The smallest absolute Gasteiger partial charge is 0.255 e. The Bertz CT molecular complexity index is 1140. The summed E-state index contributed by atoms with van der Waals surface area (Å²) in [4.78, 5) is 7.18. The average molecular weight is 394 g/mol. The average Bonchev–Trinajstić information content (AvgIpc) is 3.13. The van der Waals surface area contributed by atoms with E-state index in [2.05, 4.69) is 31.6 Å². The van der Waals surface area contributed by atoms with E-state index < -0.39 is 0 Å². The van der Waals surface area contributed by atoms with Crippen LogP contribution in [-0.4, -0.2) is 50.8 Å². The number of hydrogen-bond donors (Lipinski definition) is 0. The molecule has 1 aliphatic rings. The van der Waals surface area contributed by atoms with Gasteiger partial charge in [-0.2, -0.15) is 0 Å². The van der Waals surface area contributed by atoms with Crippen molar-refractivity contribution in [1.29, 1.82) is 0 Å². The van der Waals surface area contributed by atoms with Crippen LogP contribution in [0.4, 0.5) is 0 Å². The molecule has 6 nitrogen and oxygen atoms in total. The first-order valence-corrected chi connectivity index (χ1v) is 9.82. The zero-order valence-corrected chi connectivity index (χ0v) is 16.1. The molecule has 1 saturated heterocycles. The van der Waals surface area contributed by atoms with Crippen molar-refractivity contribution in [3.05, 3.63) is 70.6 Å². The highest BCUT2D eigenvalue weighted by Gasteiger charge is 2.18. The third-order valence-corrected chi connectivity index (χ3v) is 5.56. The number of para-hydroxylation sites is 1. The molecule has 0 amide bonds. The van der Waals surface area contributed by atoms with Gasteiger partial charge in [0.15, 0.2) is 5.82 Å². The minimum atomic E-state index is 0.629. The van der Waals surface area contributed by atoms with Gasteiger partial charge in [0.1, 0.15) is 0 Å². The molecule has 0 spiro atoms. The highest BCUT2D eigenvalue weighted by molar-refractivity contribution is 6.31. The van der Waals surface area contributed by atoms with Gasteiger partial charge in [0.05, 0.1) is 31.0 Å². The van der Waals surface area contributed by atoms with Gasteiger partial charge >= 0.3 is 0 Å². The SMILES string of the molecule is Clc1ccccc1Cc1nc2nnc(CN3CCOCC3)n2c2ccccc12. The van der Waals surface area contributed by atoms with Crippen molar-refractivity contribution in [2.24, 2.45) is 0 Å². The summed E-state index contributed by atoms with van der Waals surface area (Å²) in [6.45, 7) is 4.07. The zero-order valence-electron chi connectivity index (χ0n) is 15.4. The summed E-state index contributed by atoms with van der Waals surface area (Å²) >= 11 is 6.38. The predicted molar refractivity (Wildman–Crippen MR) is 109 cm³/mol. The van der Waals surface area contributed by atoms with Gasteiger partial charge in [-0.1, -0.05) is 48.0 Å². The van der Waals surface area contributed by atoms with Gasteiger partial charge in [0, 0.05) is 29.9 Å². The summed E-state index contributed by atoms with van der Waals surface area (Å²) in [5.74, 6) is 1.54. The van der Waals surface area contributed by atoms with Crippen LogP contribution in [-0.2, 0) is 17.7 Å². The molecule has 0 bridgehead atoms. The minimum Gasteiger partial charge on any atom is -0.379 e. The fourth-order valence-electron chi connectivity index (χ4n) is 3.74. The minimum absolute atomic E-state index is 0.629. The molecule has 3 heterocycles. The molecule has 1 aliphatic heterocycles. The maximum atomic E-state index is 6.38. The topological polar surface area (TPSA) is 55.5 Å². The summed E-state index contributed by atoms with van der Waals surface area (Å²) in [5.41, 5.74) is 3.09. The second-order valence-corrected chi connectivity index (χ2v) is 7.39. The molecule has 7 heteroatoms. The Morgan fingerprint density at radius 1 is 0.964 bits per heavy atom. The first-order valence-electron chi connectivity index (χ1n) is 9.45. The molecule has 0 aliphatic carbocycles. The maximum Gasteiger partial charge on any atom is 0.255 e. The van der Waals surface area contributed by atoms with E-state index in [9.17, 15) is 0 Å². The first kappa shape index (κ1) is 17.6. The molecule has 142 valence electrons. The van der Waals surface area contributed by atoms with Crippen LogP contribution < -0.4 is 0 Å². The van der Waals surface area contributed by atoms with Crippen LogP contribution in [0.25, 0.3) is 16.7 Å². The van der Waals surface area contributed by atoms with Crippen molar-refractivity contribution in [3.63, 3.8) is 0 Å². The predicted octanol–water partition coefficient (Wildman–Crippen LogP) is 3.35. The third kappa shape index (κ3) is 3.24. The summed E-state index contributed by atoms with van der Waals surface area (Å²) in [6.07, 6.45) is 0.655. The molecule has 0 unspecified atom stereocenters. The van der Waals surface area contributed by atoms with Gasteiger partial charge in [-0.25, -0.2) is 4.98 Å². The Morgan fingerprint density at radius 3 is 2.61 bits per heavy atom. The van der Waals surface area contributed by atoms with Crippen LogP contribution in [0.2, 0.25) is 5.02 Å². The molecule has 0 radical (unpaired) electrons. The van der Waals surface area contributed by atoms with Gasteiger partial charge < -0.3 is 4.74 Å². The molecule has 28 heavy (non-hydrogen) atoms. The lowest BCUT2D eigenvalue weighted by Crippen LogP contribution is -2.36. The number of hydrogen-bond acceptors (Lipinski definition) is 5. The standard InChI is InChI=1S/C21H20ClN5O/c22-17-7-3-1-5-15(17)13-18-16-6-2-4-8-19(16)27-20(24-25-21(27)23-18)14-26-9-11-28-12-10-26/h1-8H,9-14H2. The van der Waals surface area contributed by atoms with Crippen LogP contribution in [0.5, 0.6) is 0 Å². The molecular weight excluding hydrogens is 374 g/mol. The summed E-state index contributed by atoms with van der Waals surface area (Å²) in [5, 5.41) is 10.7. The van der Waals surface area contributed by atoms with E-state index in [-0.39, 0.29) is 0 Å². The van der Waals surface area contributed by atoms with Crippen molar-refractivity contribution >= 4 is 28.3 Å². The maximum absolute atomic E-state index is 6.38. The molecule has 0 atom stereocenters. The van der Waals surface area contributed by atoms with Crippen molar-refractivity contribution in [2.45, 2.75) is 13.0 Å². The number of benzene rings is 2. The van der Waals surface area contributed by atoms with Crippen LogP contribution in [0.3, 0.4) is 0 Å². The number of ether oxygens (including phenoxy) is 1. The number of rotatable bonds is 4. The molecule has 2 aromatic heterocycles. The second-order valence-electron chi connectivity index (χ2n) is 6.98. The van der Waals surface area contributed by atoms with Gasteiger partial charge in [0.2, 0.25) is 0 Å². The molecule has 2 aromatic carbocycles. The lowest BCUT2D eigenvalue weighted by Gasteiger charge is -2.25. The fourth-order valence-corrected chi connectivity index (χ4v) is 3.94. The Hall–Kier alpha value is -2.54. The number of halogens is 1. The van der Waals surface area contributed by atoms with Crippen molar-refractivity contribution in [2.75, 3.05) is 26.3 Å². The summed E-state index contributed by atoms with van der Waals surface area (Å²) in [6, 6.07) is 16.2. The molecular formula is C21H20ClN5O. The lowest BCUT2D eigenvalue weighted by atomic mass is 10.1. The highest BCUT2D eigenvalue weighted by Crippen LogP contribution is 2.25. The van der Waals surface area contributed by atoms with Crippen LogP contribution in [0.15, 0.2) is 48.5 Å². The second kappa shape index (κ2) is 7.47. The molecule has 1 fully saturated rings. The van der Waals surface area contributed by atoms with Crippen LogP contribution in [0, 0.1) is 0 Å². The first-order chi connectivity index (χ1) is 13.8. The molecule has 4 aromatic rings. The van der Waals surface area contributed by atoms with Gasteiger partial charge in [-0.15, -0.1) is 10.2 Å². The van der Waals surface area contributed by atoms with E-state index in [1.54, 1.807) is 0 Å². The van der Waals surface area contributed by atoms with Crippen molar-refractivity contribution in [1.82, 2.24) is 24.5 Å². The monoisotopic (exact) mass is 393 g/mol. The Labute approximate surface area is 167 Å². The summed E-state index contributed by atoms with van der Waals surface area (Å²) < 4.78 is 7.52. The molecule has 5 rings (SSSR count). The Morgan fingerprint density at radius 2 is 1.75 bits per heavy atom. The van der Waals surface area contributed by atoms with E-state index in [4.69, 9.17) is 21.3 Å². The van der Waals surface area contributed by atoms with Crippen LogP contribution in [0.1, 0.15) is 17.1 Å². The molecule has 0 saturated carbocycles. The zero-order chi connectivity index (χ0) is 18.9. The fraction of sp³-hybridized carbons (Fsp3) is 0.286. The van der Waals surface area contributed by atoms with Crippen molar-refractivity contribution in [3.8, 4) is 0 Å². The van der Waals surface area contributed by atoms with Crippen molar-refractivity contribution < 1.29 is 4.74 Å². The number of fused-ring (bicyclic) bond motifs is 3. The van der Waals surface area contributed by atoms with Crippen LogP contribution >= 0.6 is 11.6 Å². The Kier molecular flexibility index (Phi) is 4.68. The summed E-state index contributed by atoms with van der Waals surface area (Å²) in [7, 11) is 0. The number of morpholine rings is 1. The normalized spacial score (nSPS) is 15.5. The van der Waals surface area contributed by atoms with Gasteiger partial charge in [-0.3, -0.25) is 9.30 Å².